The standard InChI is InChI=1S/C30H32O20/c31-7-17-22(39)24(41)26(43)29(49-17)47-15-2-9(1-13(34)21(15)38)28-16(5-11-12(33)3-10(32)4-14(11)46-28)48-30-27(44)25(42)23(40)18(50-30)8-45-20(37)6-19(35)36/h1-5,17-18,22-27,29-31,33-34,38-44H,6-8H2,(H,35,36)/p-1/t17-,18-,22-,23-,24+,25+,26-,27-,29?,30?/m1/s1. The maximum Gasteiger partial charge on any atom is 0.311 e. The van der Waals surface area contributed by atoms with Crippen molar-refractivity contribution in [2.24, 2.45) is 0 Å². The lowest BCUT2D eigenvalue weighted by Crippen LogP contribution is -2.60. The van der Waals surface area contributed by atoms with Gasteiger partial charge < -0.3 is 89.1 Å². The number of carboxylic acids is 1. The van der Waals surface area contributed by atoms with E-state index in [1.54, 1.807) is 0 Å². The van der Waals surface area contributed by atoms with Gasteiger partial charge in [-0.2, -0.15) is 0 Å². The zero-order valence-electron chi connectivity index (χ0n) is 25.3. The second-order valence-electron chi connectivity index (χ2n) is 11.3. The van der Waals surface area contributed by atoms with Gasteiger partial charge >= 0.3 is 5.97 Å². The van der Waals surface area contributed by atoms with Crippen LogP contribution in [0.3, 0.4) is 0 Å². The molecule has 10 N–H and O–H groups in total. The fraction of sp³-hybridized carbons (Fsp3) is 0.433. The molecule has 10 atom stereocenters. The topological polar surface area (TPSA) is 336 Å². The SMILES string of the molecule is O=C([O-])CC(=O)OC[C@H]1OC(Oc2cc3c(O)cc(=O)cc-3oc2-c2cc(O)c(O)c(OC3O[C@H](CO)[C@@H](O)[C@H](O)[C@H]3O)c2)[C@H](O)[C@@H](O)[C@@H]1O. The van der Waals surface area contributed by atoms with Gasteiger partial charge in [-0.15, -0.1) is 0 Å². The van der Waals surface area contributed by atoms with Crippen LogP contribution in [-0.2, 0) is 23.8 Å². The molecule has 0 radical (unpaired) electrons. The van der Waals surface area contributed by atoms with Crippen molar-refractivity contribution in [3.05, 3.63) is 40.6 Å². The van der Waals surface area contributed by atoms with Gasteiger partial charge in [0.15, 0.2) is 28.4 Å². The molecule has 1 aliphatic carbocycles. The Bertz CT molecular complexity index is 1740. The van der Waals surface area contributed by atoms with Gasteiger partial charge in [-0.05, 0) is 18.2 Å². The van der Waals surface area contributed by atoms with E-state index in [1.807, 2.05) is 0 Å². The van der Waals surface area contributed by atoms with Crippen LogP contribution in [0.1, 0.15) is 6.42 Å². The van der Waals surface area contributed by atoms with E-state index in [0.717, 1.165) is 30.3 Å². The lowest BCUT2D eigenvalue weighted by Gasteiger charge is -2.40. The lowest BCUT2D eigenvalue weighted by molar-refractivity contribution is -0.305. The first kappa shape index (κ1) is 36.5. The van der Waals surface area contributed by atoms with Gasteiger partial charge in [0.05, 0.1) is 24.6 Å². The molecule has 4 aliphatic rings. The number of hydrogen-bond donors (Lipinski definition) is 10. The van der Waals surface area contributed by atoms with Crippen LogP contribution in [0.2, 0.25) is 0 Å². The highest BCUT2D eigenvalue weighted by Crippen LogP contribution is 2.46. The van der Waals surface area contributed by atoms with E-state index >= 15 is 0 Å². The smallest absolute Gasteiger partial charge is 0.311 e. The number of benzene rings is 2. The van der Waals surface area contributed by atoms with E-state index < -0.39 is 133 Å². The molecule has 272 valence electrons. The molecule has 3 aliphatic heterocycles. The third kappa shape index (κ3) is 7.38. The number of aliphatic hydroxyl groups excluding tert-OH is 7. The average molecular weight is 712 g/mol. The molecule has 0 spiro atoms. The highest BCUT2D eigenvalue weighted by atomic mass is 16.7. The van der Waals surface area contributed by atoms with E-state index in [4.69, 9.17) is 28.1 Å². The van der Waals surface area contributed by atoms with E-state index in [0.29, 0.717) is 0 Å². The van der Waals surface area contributed by atoms with Gasteiger partial charge in [0.25, 0.3) is 0 Å². The molecule has 20 nitrogen and oxygen atoms in total. The van der Waals surface area contributed by atoms with E-state index in [9.17, 15) is 70.6 Å². The summed E-state index contributed by atoms with van der Waals surface area (Å²) in [4.78, 5) is 34.5. The minimum atomic E-state index is -2.01. The number of aliphatic carboxylic acids is 1. The van der Waals surface area contributed by atoms with Gasteiger partial charge in [-0.3, -0.25) is 9.59 Å². The van der Waals surface area contributed by atoms with Gasteiger partial charge in [-0.25, -0.2) is 0 Å². The number of fused-ring (bicyclic) bond motifs is 1. The Kier molecular flexibility index (Phi) is 10.7. The van der Waals surface area contributed by atoms with Crippen molar-refractivity contribution in [2.75, 3.05) is 13.2 Å². The lowest BCUT2D eigenvalue weighted by atomic mass is 9.99. The number of ether oxygens (including phenoxy) is 5. The molecule has 50 heavy (non-hydrogen) atoms. The summed E-state index contributed by atoms with van der Waals surface area (Å²) in [6.07, 6.45) is -19.3. The minimum absolute atomic E-state index is 0.136. The quantitative estimate of drug-likeness (QED) is 0.0539. The summed E-state index contributed by atoms with van der Waals surface area (Å²) >= 11 is 0. The summed E-state index contributed by atoms with van der Waals surface area (Å²) in [6, 6.07) is 4.79. The predicted octanol–water partition coefficient (Wildman–Crippen LogP) is -4.42. The highest BCUT2D eigenvalue weighted by Gasteiger charge is 2.47. The van der Waals surface area contributed by atoms with Crippen molar-refractivity contribution < 1.29 is 93.9 Å². The van der Waals surface area contributed by atoms with Gasteiger partial charge in [-0.1, -0.05) is 0 Å². The Labute approximate surface area is 279 Å². The van der Waals surface area contributed by atoms with Gasteiger partial charge in [0, 0.05) is 17.7 Å². The number of esters is 1. The van der Waals surface area contributed by atoms with Gasteiger partial charge in [0.1, 0.15) is 66.9 Å². The van der Waals surface area contributed by atoms with Crippen molar-refractivity contribution in [1.29, 1.82) is 0 Å². The summed E-state index contributed by atoms with van der Waals surface area (Å²) < 4.78 is 32.7. The monoisotopic (exact) mass is 711 g/mol. The molecule has 0 amide bonds. The molecule has 20 heteroatoms. The largest absolute Gasteiger partial charge is 0.550 e. The number of phenolic OH excluding ortho intramolecular Hbond substituents is 3. The minimum Gasteiger partial charge on any atom is -0.550 e. The molecule has 0 aromatic heterocycles. The van der Waals surface area contributed by atoms with Crippen LogP contribution in [0.25, 0.3) is 22.6 Å². The Morgan fingerprint density at radius 3 is 1.96 bits per heavy atom. The molecular formula is C30H31O20-. The van der Waals surface area contributed by atoms with Crippen LogP contribution in [0.4, 0.5) is 0 Å². The van der Waals surface area contributed by atoms with Crippen molar-refractivity contribution in [1.82, 2.24) is 0 Å². The Morgan fingerprint density at radius 2 is 1.34 bits per heavy atom. The number of phenols is 3. The van der Waals surface area contributed by atoms with E-state index in [1.165, 1.54) is 0 Å². The van der Waals surface area contributed by atoms with Gasteiger partial charge in [0.2, 0.25) is 18.3 Å². The first-order chi connectivity index (χ1) is 23.6. The predicted molar refractivity (Wildman–Crippen MR) is 154 cm³/mol. The third-order valence-corrected chi connectivity index (χ3v) is 7.82. The molecule has 2 unspecified atom stereocenters. The van der Waals surface area contributed by atoms with E-state index in [2.05, 4.69) is 0 Å². The number of carbonyl (C=O) groups excluding carboxylic acids is 2. The number of aliphatic hydroxyl groups is 7. The summed E-state index contributed by atoms with van der Waals surface area (Å²) in [7, 11) is 0. The summed E-state index contributed by atoms with van der Waals surface area (Å²) in [5, 5.41) is 114. The fourth-order valence-electron chi connectivity index (χ4n) is 5.19. The van der Waals surface area contributed by atoms with Crippen LogP contribution in [0, 0.1) is 0 Å². The van der Waals surface area contributed by atoms with Crippen LogP contribution >= 0.6 is 0 Å². The molecule has 1 aromatic carbocycles. The first-order valence-electron chi connectivity index (χ1n) is 14.7. The number of carboxylic acid groups (broad SMARTS) is 1. The molecule has 0 saturated carbocycles. The van der Waals surface area contributed by atoms with E-state index in [-0.39, 0.29) is 16.9 Å². The summed E-state index contributed by atoms with van der Waals surface area (Å²) in [5.41, 5.74) is -1.06. The number of aromatic hydroxyl groups is 3. The highest BCUT2D eigenvalue weighted by molar-refractivity contribution is 5.89. The summed E-state index contributed by atoms with van der Waals surface area (Å²) in [6.45, 7) is -1.62. The van der Waals surface area contributed by atoms with Crippen molar-refractivity contribution in [3.63, 3.8) is 0 Å². The Balaban J connectivity index is 1.53. The average Bonchev–Trinajstić information content (AvgIpc) is 3.06. The molecule has 2 fully saturated rings. The summed E-state index contributed by atoms with van der Waals surface area (Å²) in [5.74, 6) is -7.17. The second kappa shape index (κ2) is 14.6. The number of rotatable bonds is 10. The first-order valence-corrected chi connectivity index (χ1v) is 14.7. The fourth-order valence-corrected chi connectivity index (χ4v) is 5.19. The maximum atomic E-state index is 12.2. The molecule has 3 heterocycles. The maximum absolute atomic E-state index is 12.2. The second-order valence-corrected chi connectivity index (χ2v) is 11.3. The molecule has 1 aromatic rings. The van der Waals surface area contributed by atoms with Crippen LogP contribution in [-0.4, -0.2) is 138 Å². The Morgan fingerprint density at radius 1 is 0.740 bits per heavy atom. The number of carbonyl (C=O) groups is 2. The van der Waals surface area contributed by atoms with Crippen LogP contribution in [0.5, 0.6) is 28.7 Å². The van der Waals surface area contributed by atoms with Crippen molar-refractivity contribution >= 4 is 11.9 Å². The third-order valence-electron chi connectivity index (χ3n) is 7.82. The van der Waals surface area contributed by atoms with Crippen molar-refractivity contribution in [3.8, 4) is 51.4 Å². The zero-order valence-corrected chi connectivity index (χ0v) is 25.3. The zero-order chi connectivity index (χ0) is 36.6. The van der Waals surface area contributed by atoms with Crippen molar-refractivity contribution in [2.45, 2.75) is 67.8 Å². The molecule has 2 saturated heterocycles. The molecule has 0 bridgehead atoms. The number of hydrogen-bond acceptors (Lipinski definition) is 20. The molecular weight excluding hydrogens is 680 g/mol. The van der Waals surface area contributed by atoms with Crippen LogP contribution in [0.15, 0.2) is 39.5 Å². The normalized spacial score (nSPS) is 29.7. The Hall–Kier alpha value is -4.77. The molecule has 5 rings (SSSR count). The van der Waals surface area contributed by atoms with Crippen LogP contribution < -0.4 is 20.0 Å².